The largest absolute Gasteiger partial charge is 0.373 e. The number of halogens is 1. The Kier molecular flexibility index (Phi) is 4.27. The Morgan fingerprint density at radius 3 is 2.64 bits per heavy atom. The monoisotopic (exact) mass is 484 g/mol. The highest BCUT2D eigenvalue weighted by molar-refractivity contribution is 5.76. The molecule has 2 N–H and O–H groups in total. The van der Waals surface area contributed by atoms with Gasteiger partial charge >= 0.3 is 0 Å². The molecule has 36 heavy (non-hydrogen) atoms. The first kappa shape index (κ1) is 21.5. The Labute approximate surface area is 209 Å². The van der Waals surface area contributed by atoms with Gasteiger partial charge in [0.25, 0.3) is 0 Å². The average molecular weight is 485 g/mol. The number of rotatable bonds is 5. The number of benzene rings is 1. The second-order valence-electron chi connectivity index (χ2n) is 11.1. The van der Waals surface area contributed by atoms with E-state index in [2.05, 4.69) is 56.4 Å². The van der Waals surface area contributed by atoms with Crippen molar-refractivity contribution in [1.29, 1.82) is 0 Å². The average Bonchev–Trinajstić information content (AvgIpc) is 3.23. The molecule has 1 saturated carbocycles. The molecule has 1 saturated heterocycles. The molecule has 1 spiro atoms. The van der Waals surface area contributed by atoms with Gasteiger partial charge in [-0.05, 0) is 36.8 Å². The molecule has 2 aliphatic carbocycles. The first-order valence-corrected chi connectivity index (χ1v) is 12.5. The fourth-order valence-corrected chi connectivity index (χ4v) is 6.50. The molecule has 8 nitrogen and oxygen atoms in total. The van der Waals surface area contributed by atoms with Gasteiger partial charge in [-0.2, -0.15) is 9.97 Å². The summed E-state index contributed by atoms with van der Waals surface area (Å²) < 4.78 is 13.6. The molecule has 3 atom stereocenters. The number of fused-ring (bicyclic) bond motifs is 1. The highest BCUT2D eigenvalue weighted by Crippen LogP contribution is 2.68. The van der Waals surface area contributed by atoms with Crippen LogP contribution in [0.3, 0.4) is 0 Å². The van der Waals surface area contributed by atoms with Gasteiger partial charge in [-0.25, -0.2) is 14.4 Å². The van der Waals surface area contributed by atoms with Gasteiger partial charge in [0.05, 0.1) is 6.04 Å². The second-order valence-corrected chi connectivity index (χ2v) is 11.1. The van der Waals surface area contributed by atoms with Crippen LogP contribution in [0.5, 0.6) is 0 Å². The summed E-state index contributed by atoms with van der Waals surface area (Å²) in [6.45, 7) is 9.05. The molecule has 0 bridgehead atoms. The number of nitrogens with one attached hydrogen (secondary N) is 2. The summed E-state index contributed by atoms with van der Waals surface area (Å²) >= 11 is 0. The van der Waals surface area contributed by atoms with E-state index >= 15 is 0 Å². The molecule has 1 aromatic carbocycles. The van der Waals surface area contributed by atoms with Crippen molar-refractivity contribution in [3.8, 4) is 0 Å². The van der Waals surface area contributed by atoms with Crippen molar-refractivity contribution in [1.82, 2.24) is 19.9 Å². The Hall–Kier alpha value is -3.75. The lowest BCUT2D eigenvalue weighted by Gasteiger charge is -2.39. The topological polar surface area (TPSA) is 82.1 Å². The lowest BCUT2D eigenvalue weighted by atomic mass is 9.69. The number of nitrogens with zero attached hydrogens (tertiary/aromatic N) is 6. The normalized spacial score (nSPS) is 26.5. The van der Waals surface area contributed by atoms with Crippen LogP contribution >= 0.6 is 0 Å². The zero-order valence-corrected chi connectivity index (χ0v) is 20.9. The van der Waals surface area contributed by atoms with E-state index in [0.29, 0.717) is 11.9 Å². The quantitative estimate of drug-likeness (QED) is 0.525. The Balaban J connectivity index is 1.18. The fraction of sp³-hybridized carbons (Fsp3) is 0.407. The third-order valence-electron chi connectivity index (χ3n) is 8.28. The summed E-state index contributed by atoms with van der Waals surface area (Å²) in [5, 5.41) is 6.96. The van der Waals surface area contributed by atoms with E-state index in [1.807, 2.05) is 26.1 Å². The van der Waals surface area contributed by atoms with Crippen molar-refractivity contribution in [3.05, 3.63) is 65.4 Å². The lowest BCUT2D eigenvalue weighted by molar-refractivity contribution is 0.302. The van der Waals surface area contributed by atoms with Crippen LogP contribution in [0, 0.1) is 24.1 Å². The van der Waals surface area contributed by atoms with Crippen LogP contribution in [-0.2, 0) is 5.41 Å². The van der Waals surface area contributed by atoms with Gasteiger partial charge in [0, 0.05) is 66.4 Å². The van der Waals surface area contributed by atoms with Gasteiger partial charge in [0.2, 0.25) is 5.95 Å². The molecular weight excluding hydrogens is 455 g/mol. The van der Waals surface area contributed by atoms with E-state index in [4.69, 9.17) is 9.97 Å². The van der Waals surface area contributed by atoms with E-state index in [0.717, 1.165) is 54.0 Å². The van der Waals surface area contributed by atoms with Crippen molar-refractivity contribution >= 4 is 29.1 Å². The smallest absolute Gasteiger partial charge is 0.227 e. The van der Waals surface area contributed by atoms with Gasteiger partial charge in [-0.15, -0.1) is 0 Å². The molecule has 2 fully saturated rings. The predicted molar refractivity (Wildman–Crippen MR) is 138 cm³/mol. The Morgan fingerprint density at radius 1 is 1.08 bits per heavy atom. The zero-order valence-electron chi connectivity index (χ0n) is 20.9. The molecule has 4 heterocycles. The van der Waals surface area contributed by atoms with Crippen molar-refractivity contribution < 1.29 is 4.39 Å². The second kappa shape index (κ2) is 7.15. The van der Waals surface area contributed by atoms with Crippen LogP contribution in [0.25, 0.3) is 0 Å². The van der Waals surface area contributed by atoms with E-state index in [1.165, 1.54) is 17.7 Å². The van der Waals surface area contributed by atoms with Crippen LogP contribution in [0.15, 0.2) is 48.3 Å². The van der Waals surface area contributed by atoms with Crippen molar-refractivity contribution in [2.75, 3.05) is 47.1 Å². The number of aromatic nitrogens is 4. The van der Waals surface area contributed by atoms with Crippen molar-refractivity contribution in [3.63, 3.8) is 0 Å². The molecule has 2 aliphatic heterocycles. The summed E-state index contributed by atoms with van der Waals surface area (Å²) in [6.07, 6.45) is 4.05. The zero-order chi connectivity index (χ0) is 24.8. The third kappa shape index (κ3) is 2.98. The standard InChI is InChI=1S/C27H29FN8/c1-15-9-20(31-14-30-15)35-11-19-22(18-10-27(18,19)13-35)32-25-33-23(29-4)21-24(34-25)36(12-26(21,2)3)17-7-5-16(28)6-8-17/h5-10,14,19,22H,11-13H2,1-4H3,(H2,29,32,33,34). The maximum atomic E-state index is 13.6. The molecule has 7 rings (SSSR count). The summed E-state index contributed by atoms with van der Waals surface area (Å²) in [7, 11) is 1.90. The Bertz CT molecular complexity index is 1420. The number of aryl methyl sites for hydroxylation is 1. The van der Waals surface area contributed by atoms with Crippen molar-refractivity contribution in [2.45, 2.75) is 32.2 Å². The van der Waals surface area contributed by atoms with Crippen LogP contribution < -0.4 is 20.4 Å². The first-order valence-electron chi connectivity index (χ1n) is 12.5. The van der Waals surface area contributed by atoms with Gasteiger partial charge < -0.3 is 20.4 Å². The number of anilines is 5. The van der Waals surface area contributed by atoms with E-state index in [1.54, 1.807) is 6.33 Å². The highest BCUT2D eigenvalue weighted by Gasteiger charge is 2.70. The third-order valence-corrected chi connectivity index (χ3v) is 8.28. The molecule has 0 radical (unpaired) electrons. The van der Waals surface area contributed by atoms with Gasteiger partial charge in [0.1, 0.15) is 29.6 Å². The summed E-state index contributed by atoms with van der Waals surface area (Å²) in [6, 6.07) is 8.89. The Morgan fingerprint density at radius 2 is 1.89 bits per heavy atom. The van der Waals surface area contributed by atoms with Gasteiger partial charge in [-0.1, -0.05) is 19.9 Å². The maximum absolute atomic E-state index is 13.6. The molecule has 184 valence electrons. The van der Waals surface area contributed by atoms with Gasteiger partial charge in [0.15, 0.2) is 0 Å². The lowest BCUT2D eigenvalue weighted by Crippen LogP contribution is -2.46. The summed E-state index contributed by atoms with van der Waals surface area (Å²) in [5.74, 6) is 3.53. The fourth-order valence-electron chi connectivity index (χ4n) is 6.50. The first-order chi connectivity index (χ1) is 17.3. The maximum Gasteiger partial charge on any atom is 0.227 e. The van der Waals surface area contributed by atoms with Crippen LogP contribution in [0.4, 0.5) is 33.5 Å². The van der Waals surface area contributed by atoms with Gasteiger partial charge in [-0.3, -0.25) is 0 Å². The molecule has 4 aliphatic rings. The summed E-state index contributed by atoms with van der Waals surface area (Å²) in [5.41, 5.74) is 4.48. The molecule has 3 unspecified atom stereocenters. The highest BCUT2D eigenvalue weighted by atomic mass is 19.1. The van der Waals surface area contributed by atoms with Crippen LogP contribution in [0.1, 0.15) is 25.1 Å². The molecular formula is C27H29FN8. The SMILES string of the molecule is CNc1nc(NC2C3=CC34CN(c3cc(C)ncn3)CC24)nc2c1C(C)(C)CN2c1ccc(F)cc1. The summed E-state index contributed by atoms with van der Waals surface area (Å²) in [4.78, 5) is 23.2. The molecule has 9 heteroatoms. The predicted octanol–water partition coefficient (Wildman–Crippen LogP) is 4.04. The molecule has 0 amide bonds. The van der Waals surface area contributed by atoms with E-state index in [9.17, 15) is 4.39 Å². The minimum Gasteiger partial charge on any atom is -0.373 e. The van der Waals surface area contributed by atoms with Crippen LogP contribution in [-0.4, -0.2) is 52.7 Å². The molecule has 3 aromatic rings. The number of hydrogen-bond acceptors (Lipinski definition) is 8. The number of hydrogen-bond donors (Lipinski definition) is 2. The molecule has 2 aromatic heterocycles. The van der Waals surface area contributed by atoms with E-state index in [-0.39, 0.29) is 22.7 Å². The van der Waals surface area contributed by atoms with E-state index < -0.39 is 0 Å². The minimum atomic E-state index is -0.243. The minimum absolute atomic E-state index is 0.160. The van der Waals surface area contributed by atoms with Crippen LogP contribution in [0.2, 0.25) is 0 Å². The van der Waals surface area contributed by atoms with Crippen molar-refractivity contribution in [2.24, 2.45) is 11.3 Å².